The second kappa shape index (κ2) is 6.81. The van der Waals surface area contributed by atoms with E-state index in [0.717, 1.165) is 24.2 Å². The summed E-state index contributed by atoms with van der Waals surface area (Å²) in [5.41, 5.74) is 10.9. The molecular weight excluding hydrogens is 214 g/mol. The highest BCUT2D eigenvalue weighted by Crippen LogP contribution is 2.23. The van der Waals surface area contributed by atoms with Crippen molar-refractivity contribution in [3.8, 4) is 5.75 Å². The maximum absolute atomic E-state index is 8.43. The molecule has 0 bridgehead atoms. The average Bonchev–Trinajstić information content (AvgIpc) is 2.38. The van der Waals surface area contributed by atoms with Gasteiger partial charge in [-0.1, -0.05) is 32.9 Å². The van der Waals surface area contributed by atoms with Crippen molar-refractivity contribution in [3.63, 3.8) is 0 Å². The largest absolute Gasteiger partial charge is 0.484 e. The van der Waals surface area contributed by atoms with Crippen molar-refractivity contribution >= 4 is 0 Å². The molecule has 1 atom stereocenters. The van der Waals surface area contributed by atoms with Crippen LogP contribution in [-0.2, 0) is 12.8 Å². The summed E-state index contributed by atoms with van der Waals surface area (Å²) >= 11 is 0. The summed E-state index contributed by atoms with van der Waals surface area (Å²) in [4.78, 5) is 2.79. The predicted octanol–water partition coefficient (Wildman–Crippen LogP) is 4.24. The number of ether oxygens (including phenoxy) is 1. The Morgan fingerprint density at radius 3 is 2.59 bits per heavy atom. The van der Waals surface area contributed by atoms with Crippen LogP contribution in [0.1, 0.15) is 38.3 Å². The summed E-state index contributed by atoms with van der Waals surface area (Å²) in [7, 11) is 0. The zero-order valence-electron chi connectivity index (χ0n) is 10.7. The molecule has 92 valence electrons. The lowest BCUT2D eigenvalue weighted by Crippen LogP contribution is -2.12. The molecule has 1 unspecified atom stereocenters. The molecule has 0 radical (unpaired) electrons. The smallest absolute Gasteiger partial charge is 0.177 e. The van der Waals surface area contributed by atoms with Crippen LogP contribution in [0.5, 0.6) is 5.75 Å². The molecule has 0 aromatic heterocycles. The van der Waals surface area contributed by atoms with Gasteiger partial charge in [0.2, 0.25) is 0 Å². The number of aryl methyl sites for hydroxylation is 2. The van der Waals surface area contributed by atoms with E-state index < -0.39 is 6.23 Å². The lowest BCUT2D eigenvalue weighted by atomic mass is 10.1. The van der Waals surface area contributed by atoms with Gasteiger partial charge in [-0.15, -0.1) is 0 Å². The Morgan fingerprint density at radius 1 is 1.29 bits per heavy atom. The van der Waals surface area contributed by atoms with Crippen molar-refractivity contribution in [2.45, 2.75) is 46.3 Å². The number of hydrogen-bond acceptors (Lipinski definition) is 2. The molecule has 0 spiro atoms. The first-order valence-corrected chi connectivity index (χ1v) is 6.07. The van der Waals surface area contributed by atoms with E-state index in [-0.39, 0.29) is 0 Å². The summed E-state index contributed by atoms with van der Waals surface area (Å²) in [5, 5.41) is 3.61. The highest BCUT2D eigenvalue weighted by Gasteiger charge is 2.09. The van der Waals surface area contributed by atoms with E-state index in [2.05, 4.69) is 36.0 Å². The fourth-order valence-corrected chi connectivity index (χ4v) is 1.64. The van der Waals surface area contributed by atoms with Gasteiger partial charge in [-0.3, -0.25) is 0 Å². The molecule has 0 saturated carbocycles. The van der Waals surface area contributed by atoms with Gasteiger partial charge in [-0.25, -0.2) is 0 Å². The van der Waals surface area contributed by atoms with E-state index in [9.17, 15) is 0 Å². The lowest BCUT2D eigenvalue weighted by Gasteiger charge is -2.16. The number of rotatable bonds is 6. The van der Waals surface area contributed by atoms with Crippen LogP contribution in [0.4, 0.5) is 0 Å². The van der Waals surface area contributed by atoms with Crippen LogP contribution in [-0.4, -0.2) is 6.23 Å². The summed E-state index contributed by atoms with van der Waals surface area (Å²) < 4.78 is 5.71. The molecule has 0 aliphatic heterocycles. The van der Waals surface area contributed by atoms with Crippen LogP contribution < -0.4 is 4.74 Å². The van der Waals surface area contributed by atoms with Gasteiger partial charge in [0.15, 0.2) is 6.23 Å². The molecule has 1 aromatic carbocycles. The third kappa shape index (κ3) is 3.68. The number of azide groups is 1. The molecule has 0 fully saturated rings. The highest BCUT2D eigenvalue weighted by atomic mass is 16.5. The third-order valence-electron chi connectivity index (χ3n) is 2.71. The quantitative estimate of drug-likeness (QED) is 0.412. The van der Waals surface area contributed by atoms with Crippen molar-refractivity contribution in [2.75, 3.05) is 0 Å². The Morgan fingerprint density at radius 2 is 2.06 bits per heavy atom. The van der Waals surface area contributed by atoms with Gasteiger partial charge in [0.05, 0.1) is 0 Å². The topological polar surface area (TPSA) is 58.0 Å². The molecule has 0 amide bonds. The molecule has 1 aromatic rings. The monoisotopic (exact) mass is 233 g/mol. The first-order valence-electron chi connectivity index (χ1n) is 6.07. The molecule has 0 aliphatic carbocycles. The van der Waals surface area contributed by atoms with Gasteiger partial charge >= 0.3 is 0 Å². The lowest BCUT2D eigenvalue weighted by molar-refractivity contribution is 0.203. The summed E-state index contributed by atoms with van der Waals surface area (Å²) in [6.45, 7) is 6.16. The van der Waals surface area contributed by atoms with Crippen molar-refractivity contribution in [1.82, 2.24) is 0 Å². The van der Waals surface area contributed by atoms with Gasteiger partial charge in [-0.05, 0) is 47.1 Å². The van der Waals surface area contributed by atoms with E-state index in [1.807, 2.05) is 13.0 Å². The molecule has 0 saturated heterocycles. The average molecular weight is 233 g/mol. The van der Waals surface area contributed by atoms with Gasteiger partial charge in [-0.2, -0.15) is 0 Å². The maximum atomic E-state index is 8.43. The van der Waals surface area contributed by atoms with E-state index in [1.54, 1.807) is 0 Å². The molecule has 17 heavy (non-hydrogen) atoms. The van der Waals surface area contributed by atoms with Crippen molar-refractivity contribution in [2.24, 2.45) is 5.11 Å². The third-order valence-corrected chi connectivity index (χ3v) is 2.71. The molecule has 4 heteroatoms. The minimum absolute atomic E-state index is 0.419. The van der Waals surface area contributed by atoms with Gasteiger partial charge in [0, 0.05) is 4.91 Å². The zero-order valence-corrected chi connectivity index (χ0v) is 10.7. The first-order chi connectivity index (χ1) is 8.24. The molecule has 0 aliphatic rings. The normalized spacial score (nSPS) is 11.7. The van der Waals surface area contributed by atoms with Gasteiger partial charge in [0.1, 0.15) is 5.75 Å². The second-order valence-corrected chi connectivity index (χ2v) is 3.83. The molecular formula is C13H19N3O. The fraction of sp³-hybridized carbons (Fsp3) is 0.538. The van der Waals surface area contributed by atoms with E-state index in [1.165, 1.54) is 5.56 Å². The van der Waals surface area contributed by atoms with Crippen molar-refractivity contribution in [3.05, 3.63) is 39.8 Å². The Bertz CT molecular complexity index is 411. The van der Waals surface area contributed by atoms with Gasteiger partial charge < -0.3 is 4.74 Å². The first kappa shape index (κ1) is 13.4. The Balaban J connectivity index is 2.93. The molecule has 4 nitrogen and oxygen atoms in total. The van der Waals surface area contributed by atoms with Crippen LogP contribution >= 0.6 is 0 Å². The Kier molecular flexibility index (Phi) is 5.37. The number of nitrogens with zero attached hydrogens (tertiary/aromatic N) is 3. The van der Waals surface area contributed by atoms with Crippen LogP contribution in [0, 0.1) is 0 Å². The van der Waals surface area contributed by atoms with Crippen LogP contribution in [0.3, 0.4) is 0 Å². The zero-order chi connectivity index (χ0) is 12.7. The predicted molar refractivity (Wildman–Crippen MR) is 69.1 cm³/mol. The number of benzene rings is 1. The molecule has 0 N–H and O–H groups in total. The Hall–Kier alpha value is -1.67. The van der Waals surface area contributed by atoms with Crippen LogP contribution in [0.25, 0.3) is 10.4 Å². The number of hydrogen-bond donors (Lipinski definition) is 0. The second-order valence-electron chi connectivity index (χ2n) is 3.83. The Labute approximate surface area is 102 Å². The molecule has 0 heterocycles. The van der Waals surface area contributed by atoms with E-state index >= 15 is 0 Å². The molecule has 1 rings (SSSR count). The van der Waals surface area contributed by atoms with Crippen LogP contribution in [0.2, 0.25) is 0 Å². The van der Waals surface area contributed by atoms with E-state index in [4.69, 9.17) is 10.3 Å². The standard InChI is InChI=1S/C13H19N3O/c1-4-10-7-8-12(11(5-2)9-10)17-13(6-3)15-16-14/h7-9,13H,4-6H2,1-3H3. The summed E-state index contributed by atoms with van der Waals surface area (Å²) in [6.07, 6.45) is 2.18. The summed E-state index contributed by atoms with van der Waals surface area (Å²) in [6, 6.07) is 6.17. The van der Waals surface area contributed by atoms with Crippen LogP contribution in [0.15, 0.2) is 23.3 Å². The van der Waals surface area contributed by atoms with Gasteiger partial charge in [0.25, 0.3) is 0 Å². The van der Waals surface area contributed by atoms with Crippen molar-refractivity contribution < 1.29 is 4.74 Å². The van der Waals surface area contributed by atoms with E-state index in [0.29, 0.717) is 6.42 Å². The van der Waals surface area contributed by atoms with Crippen molar-refractivity contribution in [1.29, 1.82) is 0 Å². The highest BCUT2D eigenvalue weighted by molar-refractivity contribution is 5.37. The minimum atomic E-state index is -0.419. The SMILES string of the molecule is CCc1ccc(OC(CC)N=[N+]=[N-])c(CC)c1. The minimum Gasteiger partial charge on any atom is -0.484 e. The fourth-order valence-electron chi connectivity index (χ4n) is 1.64. The maximum Gasteiger partial charge on any atom is 0.177 e. The summed E-state index contributed by atoms with van der Waals surface area (Å²) in [5.74, 6) is 0.823.